The van der Waals surface area contributed by atoms with E-state index in [1.54, 1.807) is 54.6 Å². The minimum Gasteiger partial charge on any atom is -0.469 e. The van der Waals surface area contributed by atoms with E-state index in [0.29, 0.717) is 5.69 Å². The second-order valence-electron chi connectivity index (χ2n) is 5.05. The highest BCUT2D eigenvalue weighted by atomic mass is 32.2. The molecule has 0 saturated heterocycles. The number of benzene rings is 2. The van der Waals surface area contributed by atoms with Crippen LogP contribution < -0.4 is 4.31 Å². The number of sulfonamides is 1. The molecule has 0 radical (unpaired) electrons. The van der Waals surface area contributed by atoms with E-state index in [1.165, 1.54) is 11.4 Å². The van der Waals surface area contributed by atoms with Crippen molar-refractivity contribution < 1.29 is 17.9 Å². The molecule has 2 rings (SSSR count). The van der Waals surface area contributed by atoms with Crippen LogP contribution in [0.3, 0.4) is 0 Å². The first-order valence-electron chi connectivity index (χ1n) is 7.16. The summed E-state index contributed by atoms with van der Waals surface area (Å²) >= 11 is 0. The summed E-state index contributed by atoms with van der Waals surface area (Å²) in [5.41, 5.74) is 1.49. The maximum absolute atomic E-state index is 12.9. The van der Waals surface area contributed by atoms with Crippen molar-refractivity contribution in [3.05, 3.63) is 60.2 Å². The van der Waals surface area contributed by atoms with Gasteiger partial charge in [-0.05, 0) is 31.2 Å². The van der Waals surface area contributed by atoms with Gasteiger partial charge < -0.3 is 4.74 Å². The van der Waals surface area contributed by atoms with Crippen molar-refractivity contribution in [2.45, 2.75) is 18.2 Å². The van der Waals surface area contributed by atoms with Gasteiger partial charge in [-0.3, -0.25) is 9.10 Å². The van der Waals surface area contributed by atoms with Crippen molar-refractivity contribution in [2.24, 2.45) is 0 Å². The summed E-state index contributed by atoms with van der Waals surface area (Å²) < 4.78 is 31.7. The molecule has 0 aliphatic carbocycles. The van der Waals surface area contributed by atoms with Gasteiger partial charge in [0.2, 0.25) is 0 Å². The maximum Gasteiger partial charge on any atom is 0.307 e. The van der Waals surface area contributed by atoms with Gasteiger partial charge in [-0.2, -0.15) is 0 Å². The molecule has 6 heteroatoms. The molecule has 2 aromatic rings. The van der Waals surface area contributed by atoms with Gasteiger partial charge in [0.15, 0.2) is 0 Å². The van der Waals surface area contributed by atoms with Crippen LogP contribution in [-0.4, -0.2) is 28.0 Å². The number of hydrogen-bond acceptors (Lipinski definition) is 4. The maximum atomic E-state index is 12.9. The Kier molecular flexibility index (Phi) is 5.39. The van der Waals surface area contributed by atoms with E-state index < -0.39 is 16.0 Å². The molecule has 122 valence electrons. The fraction of sp³-hybridized carbons (Fsp3) is 0.235. The first-order valence-corrected chi connectivity index (χ1v) is 8.60. The number of esters is 1. The average Bonchev–Trinajstić information content (AvgIpc) is 2.56. The second kappa shape index (κ2) is 7.28. The summed E-state index contributed by atoms with van der Waals surface area (Å²) in [6.07, 6.45) is -0.0174. The number of carbonyl (C=O) groups excluding carboxylic acids is 1. The molecule has 2 aromatic carbocycles. The van der Waals surface area contributed by atoms with Gasteiger partial charge in [0.1, 0.15) is 0 Å². The molecule has 0 aliphatic heterocycles. The molecule has 0 fully saturated rings. The number of nitrogens with zero attached hydrogens (tertiary/aromatic N) is 1. The highest BCUT2D eigenvalue weighted by Crippen LogP contribution is 2.24. The molecule has 0 aliphatic rings. The van der Waals surface area contributed by atoms with Crippen molar-refractivity contribution in [1.82, 2.24) is 0 Å². The predicted molar refractivity (Wildman–Crippen MR) is 88.8 cm³/mol. The van der Waals surface area contributed by atoms with E-state index in [0.717, 1.165) is 5.56 Å². The van der Waals surface area contributed by atoms with E-state index in [2.05, 4.69) is 4.74 Å². The van der Waals surface area contributed by atoms with Crippen molar-refractivity contribution in [1.29, 1.82) is 0 Å². The highest BCUT2D eigenvalue weighted by molar-refractivity contribution is 7.92. The lowest BCUT2D eigenvalue weighted by atomic mass is 10.2. The number of carbonyl (C=O) groups is 1. The van der Waals surface area contributed by atoms with Crippen LogP contribution in [0.15, 0.2) is 59.5 Å². The van der Waals surface area contributed by atoms with E-state index >= 15 is 0 Å². The standard InChI is InChI=1S/C17H19NO4S/c1-14-8-10-16(11-9-14)23(20,21)18(13-12-17(19)22-2)15-6-4-3-5-7-15/h3-11H,12-13H2,1-2H3. The predicted octanol–water partition coefficient (Wildman–Crippen LogP) is 2.75. The van der Waals surface area contributed by atoms with Gasteiger partial charge in [-0.25, -0.2) is 8.42 Å². The molecule has 23 heavy (non-hydrogen) atoms. The molecule has 0 heterocycles. The number of ether oxygens (including phenoxy) is 1. The Balaban J connectivity index is 2.39. The van der Waals surface area contributed by atoms with E-state index in [9.17, 15) is 13.2 Å². The molecule has 0 atom stereocenters. The summed E-state index contributed by atoms with van der Waals surface area (Å²) in [6.45, 7) is 1.91. The second-order valence-corrected chi connectivity index (χ2v) is 6.91. The Morgan fingerprint density at radius 2 is 1.65 bits per heavy atom. The number of para-hydroxylation sites is 1. The number of anilines is 1. The Morgan fingerprint density at radius 3 is 2.22 bits per heavy atom. The number of hydrogen-bond donors (Lipinski definition) is 0. The van der Waals surface area contributed by atoms with Crippen LogP contribution >= 0.6 is 0 Å². The minimum absolute atomic E-state index is 0.0174. The molecule has 0 unspecified atom stereocenters. The normalized spacial score (nSPS) is 11.0. The molecule has 5 nitrogen and oxygen atoms in total. The zero-order valence-corrected chi connectivity index (χ0v) is 13.9. The average molecular weight is 333 g/mol. The van der Waals surface area contributed by atoms with Gasteiger partial charge in [-0.15, -0.1) is 0 Å². The summed E-state index contributed by atoms with van der Waals surface area (Å²) in [7, 11) is -2.47. The third kappa shape index (κ3) is 4.10. The largest absolute Gasteiger partial charge is 0.469 e. The Labute approximate surface area is 136 Å². The Bertz CT molecular complexity index is 755. The number of aryl methyl sites for hydroxylation is 1. The third-order valence-corrected chi connectivity index (χ3v) is 5.24. The van der Waals surface area contributed by atoms with Crippen molar-refractivity contribution >= 4 is 21.7 Å². The van der Waals surface area contributed by atoms with Crippen molar-refractivity contribution in [3.63, 3.8) is 0 Å². The summed E-state index contributed by atoms with van der Waals surface area (Å²) in [5.74, 6) is -0.454. The molecule has 0 saturated carbocycles. The quantitative estimate of drug-likeness (QED) is 0.763. The van der Waals surface area contributed by atoms with E-state index in [4.69, 9.17) is 0 Å². The molecule has 0 N–H and O–H groups in total. The van der Waals surface area contributed by atoms with Gasteiger partial charge >= 0.3 is 5.97 Å². The Morgan fingerprint density at radius 1 is 1.04 bits per heavy atom. The van der Waals surface area contributed by atoms with Crippen LogP contribution in [0.4, 0.5) is 5.69 Å². The molecule has 0 spiro atoms. The van der Waals surface area contributed by atoms with E-state index in [1.807, 2.05) is 6.92 Å². The zero-order chi connectivity index (χ0) is 16.9. The minimum atomic E-state index is -3.75. The van der Waals surface area contributed by atoms with Crippen molar-refractivity contribution in [2.75, 3.05) is 18.0 Å². The molecule has 0 amide bonds. The smallest absolute Gasteiger partial charge is 0.307 e. The fourth-order valence-corrected chi connectivity index (χ4v) is 3.58. The summed E-state index contributed by atoms with van der Waals surface area (Å²) in [4.78, 5) is 11.6. The SMILES string of the molecule is COC(=O)CCN(c1ccccc1)S(=O)(=O)c1ccc(C)cc1. The lowest BCUT2D eigenvalue weighted by molar-refractivity contribution is -0.140. The molecule has 0 aromatic heterocycles. The van der Waals surface area contributed by atoms with Gasteiger partial charge in [-0.1, -0.05) is 35.9 Å². The monoisotopic (exact) mass is 333 g/mol. The summed E-state index contributed by atoms with van der Waals surface area (Å²) in [5, 5.41) is 0. The number of rotatable bonds is 6. The lowest BCUT2D eigenvalue weighted by Crippen LogP contribution is -2.33. The first kappa shape index (κ1) is 17.0. The van der Waals surface area contributed by atoms with Crippen LogP contribution in [0, 0.1) is 6.92 Å². The van der Waals surface area contributed by atoms with Crippen molar-refractivity contribution in [3.8, 4) is 0 Å². The van der Waals surface area contributed by atoms with Gasteiger partial charge in [0, 0.05) is 6.54 Å². The fourth-order valence-electron chi connectivity index (χ4n) is 2.11. The molecule has 0 bridgehead atoms. The first-order chi connectivity index (χ1) is 10.9. The lowest BCUT2D eigenvalue weighted by Gasteiger charge is -2.24. The number of methoxy groups -OCH3 is 1. The van der Waals surface area contributed by atoms with Crippen LogP contribution in [0.1, 0.15) is 12.0 Å². The third-order valence-electron chi connectivity index (χ3n) is 3.40. The van der Waals surface area contributed by atoms with Crippen LogP contribution in [0.5, 0.6) is 0 Å². The Hall–Kier alpha value is -2.34. The van der Waals surface area contributed by atoms with Crippen LogP contribution in [-0.2, 0) is 19.6 Å². The summed E-state index contributed by atoms with van der Waals surface area (Å²) in [6, 6.07) is 15.3. The topological polar surface area (TPSA) is 63.7 Å². The van der Waals surface area contributed by atoms with Gasteiger partial charge in [0.25, 0.3) is 10.0 Å². The van der Waals surface area contributed by atoms with Crippen LogP contribution in [0.25, 0.3) is 0 Å². The molecular weight excluding hydrogens is 314 g/mol. The van der Waals surface area contributed by atoms with Crippen LogP contribution in [0.2, 0.25) is 0 Å². The highest BCUT2D eigenvalue weighted by Gasteiger charge is 2.25. The van der Waals surface area contributed by atoms with Gasteiger partial charge in [0.05, 0.1) is 24.1 Å². The molecular formula is C17H19NO4S. The zero-order valence-electron chi connectivity index (χ0n) is 13.1. The van der Waals surface area contributed by atoms with E-state index in [-0.39, 0.29) is 17.9 Å².